The van der Waals surface area contributed by atoms with Crippen LogP contribution in [0.5, 0.6) is 0 Å². The second-order valence-electron chi connectivity index (χ2n) is 3.12. The lowest BCUT2D eigenvalue weighted by atomic mass is 10.2. The lowest BCUT2D eigenvalue weighted by Crippen LogP contribution is -2.07. The Morgan fingerprint density at radius 2 is 1.86 bits per heavy atom. The fourth-order valence-electron chi connectivity index (χ4n) is 1.05. The zero-order valence-corrected chi connectivity index (χ0v) is 8.95. The van der Waals surface area contributed by atoms with Gasteiger partial charge in [0.1, 0.15) is 0 Å². The third-order valence-electron chi connectivity index (χ3n) is 1.82. The van der Waals surface area contributed by atoms with Crippen LogP contribution >= 0.6 is 11.6 Å². The van der Waals surface area contributed by atoms with E-state index in [1.807, 2.05) is 43.3 Å². The Balaban J connectivity index is 2.78. The van der Waals surface area contributed by atoms with Crippen molar-refractivity contribution >= 4 is 28.6 Å². The minimum absolute atomic E-state index is 0.457. The molecule has 0 aliphatic carbocycles. The molecule has 2 nitrogen and oxygen atoms in total. The van der Waals surface area contributed by atoms with Gasteiger partial charge in [-0.1, -0.05) is 18.2 Å². The topological polar surface area (TPSA) is 20.3 Å². The average molecular weight is 210 g/mol. The molecule has 0 aliphatic heterocycles. The van der Waals surface area contributed by atoms with Gasteiger partial charge in [0.05, 0.1) is 0 Å². The molecule has 0 heterocycles. The number of allylic oxidation sites excluding steroid dienone is 1. The van der Waals surface area contributed by atoms with Gasteiger partial charge in [-0.15, -0.1) is 0 Å². The summed E-state index contributed by atoms with van der Waals surface area (Å²) in [5.41, 5.74) is 2.09. The molecular weight excluding hydrogens is 198 g/mol. The van der Waals surface area contributed by atoms with Gasteiger partial charge < -0.3 is 4.90 Å². The number of carbonyl (C=O) groups is 1. The summed E-state index contributed by atoms with van der Waals surface area (Å²) >= 11 is 5.18. The Labute approximate surface area is 88.8 Å². The molecule has 1 aromatic rings. The molecule has 74 valence electrons. The molecule has 0 radical (unpaired) electrons. The number of hydrogen-bond acceptors (Lipinski definition) is 2. The van der Waals surface area contributed by atoms with Crippen molar-refractivity contribution in [3.05, 3.63) is 35.9 Å². The maximum Gasteiger partial charge on any atom is 0.245 e. The van der Waals surface area contributed by atoms with Gasteiger partial charge in [0.15, 0.2) is 0 Å². The number of anilines is 1. The fraction of sp³-hybridized carbons (Fsp3) is 0.182. The highest BCUT2D eigenvalue weighted by atomic mass is 35.5. The molecule has 1 aromatic carbocycles. The molecular formula is C11H12ClNO. The van der Waals surface area contributed by atoms with Gasteiger partial charge in [-0.3, -0.25) is 4.79 Å². The van der Waals surface area contributed by atoms with Crippen LogP contribution < -0.4 is 4.90 Å². The summed E-state index contributed by atoms with van der Waals surface area (Å²) in [6.45, 7) is 0. The van der Waals surface area contributed by atoms with E-state index < -0.39 is 5.24 Å². The summed E-state index contributed by atoms with van der Waals surface area (Å²) < 4.78 is 0. The van der Waals surface area contributed by atoms with E-state index in [9.17, 15) is 4.79 Å². The molecule has 0 fully saturated rings. The van der Waals surface area contributed by atoms with Crippen LogP contribution in [0, 0.1) is 0 Å². The van der Waals surface area contributed by atoms with Crippen LogP contribution in [0.25, 0.3) is 6.08 Å². The van der Waals surface area contributed by atoms with Gasteiger partial charge in [0.2, 0.25) is 5.24 Å². The van der Waals surface area contributed by atoms with E-state index >= 15 is 0 Å². The first kappa shape index (κ1) is 10.8. The summed E-state index contributed by atoms with van der Waals surface area (Å²) in [7, 11) is 3.96. The van der Waals surface area contributed by atoms with Crippen LogP contribution in [0.3, 0.4) is 0 Å². The Morgan fingerprint density at radius 1 is 1.29 bits per heavy atom. The molecule has 0 aliphatic rings. The number of nitrogens with zero attached hydrogens (tertiary/aromatic N) is 1. The zero-order valence-electron chi connectivity index (χ0n) is 8.20. The molecule has 0 bridgehead atoms. The maximum absolute atomic E-state index is 10.5. The van der Waals surface area contributed by atoms with Crippen LogP contribution in [-0.4, -0.2) is 19.3 Å². The average Bonchev–Trinajstić information content (AvgIpc) is 2.15. The Kier molecular flexibility index (Phi) is 3.72. The summed E-state index contributed by atoms with van der Waals surface area (Å²) in [4.78, 5) is 12.5. The first-order valence-corrected chi connectivity index (χ1v) is 4.62. The normalized spacial score (nSPS) is 10.5. The Bertz CT molecular complexity index is 341. The van der Waals surface area contributed by atoms with Gasteiger partial charge in [-0.05, 0) is 35.4 Å². The largest absolute Gasteiger partial charge is 0.378 e. The van der Waals surface area contributed by atoms with Crippen LogP contribution in [0.4, 0.5) is 5.69 Å². The smallest absolute Gasteiger partial charge is 0.245 e. The Hall–Kier alpha value is -1.28. The molecule has 0 amide bonds. The van der Waals surface area contributed by atoms with E-state index in [2.05, 4.69) is 0 Å². The van der Waals surface area contributed by atoms with Crippen molar-refractivity contribution in [1.29, 1.82) is 0 Å². The SMILES string of the molecule is CN(C)c1ccc(/C=C/C(=O)Cl)cc1. The summed E-state index contributed by atoms with van der Waals surface area (Å²) in [5, 5.41) is -0.457. The molecule has 0 saturated heterocycles. The molecule has 14 heavy (non-hydrogen) atoms. The van der Waals surface area contributed by atoms with Crippen molar-refractivity contribution in [3.8, 4) is 0 Å². The molecule has 0 saturated carbocycles. The predicted octanol–water partition coefficient (Wildman–Crippen LogP) is 2.53. The van der Waals surface area contributed by atoms with Crippen molar-refractivity contribution in [2.45, 2.75) is 0 Å². The number of hydrogen-bond donors (Lipinski definition) is 0. The van der Waals surface area contributed by atoms with Crippen molar-refractivity contribution in [2.75, 3.05) is 19.0 Å². The lowest BCUT2D eigenvalue weighted by molar-refractivity contribution is -0.107. The third-order valence-corrected chi connectivity index (χ3v) is 1.94. The molecule has 0 aromatic heterocycles. The molecule has 3 heteroatoms. The van der Waals surface area contributed by atoms with Crippen molar-refractivity contribution in [2.24, 2.45) is 0 Å². The lowest BCUT2D eigenvalue weighted by Gasteiger charge is -2.11. The van der Waals surface area contributed by atoms with Crippen molar-refractivity contribution in [3.63, 3.8) is 0 Å². The first-order chi connectivity index (χ1) is 6.59. The molecule has 0 unspecified atom stereocenters. The molecule has 0 spiro atoms. The minimum atomic E-state index is -0.457. The van der Waals surface area contributed by atoms with Gasteiger partial charge in [0, 0.05) is 19.8 Å². The standard InChI is InChI=1S/C11H12ClNO/c1-13(2)10-6-3-9(4-7-10)5-8-11(12)14/h3-8H,1-2H3/b8-5+. The van der Waals surface area contributed by atoms with Crippen LogP contribution in [0.2, 0.25) is 0 Å². The summed E-state index contributed by atoms with van der Waals surface area (Å²) in [6.07, 6.45) is 3.03. The minimum Gasteiger partial charge on any atom is -0.378 e. The van der Waals surface area contributed by atoms with Crippen LogP contribution in [0.15, 0.2) is 30.3 Å². The van der Waals surface area contributed by atoms with Gasteiger partial charge in [-0.2, -0.15) is 0 Å². The van der Waals surface area contributed by atoms with E-state index in [1.54, 1.807) is 6.08 Å². The van der Waals surface area contributed by atoms with Gasteiger partial charge >= 0.3 is 0 Å². The molecule has 0 atom stereocenters. The zero-order chi connectivity index (χ0) is 10.6. The van der Waals surface area contributed by atoms with E-state index in [0.29, 0.717) is 0 Å². The molecule has 1 rings (SSSR count). The second kappa shape index (κ2) is 4.82. The van der Waals surface area contributed by atoms with E-state index in [0.717, 1.165) is 11.3 Å². The van der Waals surface area contributed by atoms with E-state index in [4.69, 9.17) is 11.6 Å². The number of halogens is 1. The van der Waals surface area contributed by atoms with Crippen molar-refractivity contribution in [1.82, 2.24) is 0 Å². The maximum atomic E-state index is 10.5. The quantitative estimate of drug-likeness (QED) is 0.563. The second-order valence-corrected chi connectivity index (χ2v) is 3.50. The molecule has 0 N–H and O–H groups in total. The number of carbonyl (C=O) groups excluding carboxylic acids is 1. The summed E-state index contributed by atoms with van der Waals surface area (Å²) in [5.74, 6) is 0. The van der Waals surface area contributed by atoms with Crippen molar-refractivity contribution < 1.29 is 4.79 Å². The fourth-order valence-corrected chi connectivity index (χ4v) is 1.11. The van der Waals surface area contributed by atoms with Gasteiger partial charge in [-0.25, -0.2) is 0 Å². The highest BCUT2D eigenvalue weighted by Crippen LogP contribution is 2.13. The highest BCUT2D eigenvalue weighted by molar-refractivity contribution is 6.66. The number of benzene rings is 1. The predicted molar refractivity (Wildman–Crippen MR) is 60.7 cm³/mol. The highest BCUT2D eigenvalue weighted by Gasteiger charge is 1.93. The number of rotatable bonds is 3. The third kappa shape index (κ3) is 3.23. The monoisotopic (exact) mass is 209 g/mol. The van der Waals surface area contributed by atoms with Crippen LogP contribution in [0.1, 0.15) is 5.56 Å². The Morgan fingerprint density at radius 3 is 2.29 bits per heavy atom. The summed E-state index contributed by atoms with van der Waals surface area (Å²) in [6, 6.07) is 7.84. The van der Waals surface area contributed by atoms with Crippen LogP contribution in [-0.2, 0) is 4.79 Å². The van der Waals surface area contributed by atoms with Gasteiger partial charge in [0.25, 0.3) is 0 Å². The van der Waals surface area contributed by atoms with E-state index in [1.165, 1.54) is 6.08 Å². The first-order valence-electron chi connectivity index (χ1n) is 4.24. The van der Waals surface area contributed by atoms with E-state index in [-0.39, 0.29) is 0 Å².